The van der Waals surface area contributed by atoms with Crippen LogP contribution in [0.5, 0.6) is 0 Å². The molecule has 2 aliphatic heterocycles. The molecule has 0 saturated carbocycles. The topological polar surface area (TPSA) is 153 Å². The Hall–Kier alpha value is -9.06. The van der Waals surface area contributed by atoms with E-state index in [2.05, 4.69) is 83.4 Å². The molecule has 0 aromatic heterocycles. The fraction of sp³-hybridized carbons (Fsp3) is 0.0847. The van der Waals surface area contributed by atoms with Crippen molar-refractivity contribution in [1.82, 2.24) is 15.5 Å². The number of nitrogens with one attached hydrogen (secondary N) is 2. The molecule has 2 aliphatic rings. The van der Waals surface area contributed by atoms with E-state index in [1.54, 1.807) is 0 Å². The Balaban J connectivity index is 0.873. The van der Waals surface area contributed by atoms with Crippen molar-refractivity contribution < 1.29 is 33.9 Å². The van der Waals surface area contributed by atoms with Gasteiger partial charge in [0, 0.05) is 70.4 Å². The van der Waals surface area contributed by atoms with Crippen LogP contribution in [-0.4, -0.2) is 58.6 Å². The van der Waals surface area contributed by atoms with E-state index in [9.17, 15) is 33.9 Å². The van der Waals surface area contributed by atoms with Crippen LogP contribution in [0.4, 0.5) is 5.69 Å². The monoisotopic (exact) mass is 914 g/mol. The van der Waals surface area contributed by atoms with Gasteiger partial charge in [0.2, 0.25) is 0 Å². The molecule has 0 unspecified atom stereocenters. The molecule has 13 rings (SSSR count). The molecule has 11 aromatic rings. The average molecular weight is 915 g/mol. The Labute approximate surface area is 398 Å². The Morgan fingerprint density at radius 3 is 1.24 bits per heavy atom. The maximum absolute atomic E-state index is 14.7. The zero-order chi connectivity index (χ0) is 47.5. The Morgan fingerprint density at radius 2 is 0.814 bits per heavy atom. The van der Waals surface area contributed by atoms with Crippen LogP contribution < -0.4 is 15.5 Å². The van der Waals surface area contributed by atoms with E-state index in [0.29, 0.717) is 0 Å². The van der Waals surface area contributed by atoms with E-state index in [0.717, 1.165) is 85.6 Å². The predicted octanol–water partition coefficient (Wildman–Crippen LogP) is 10.3. The van der Waals surface area contributed by atoms with Crippen molar-refractivity contribution in [2.75, 3.05) is 18.1 Å². The summed E-state index contributed by atoms with van der Waals surface area (Å²) < 4.78 is 0. The van der Waals surface area contributed by atoms with Gasteiger partial charge in [0.05, 0.1) is 5.69 Å². The van der Waals surface area contributed by atoms with Crippen LogP contribution in [0.2, 0.25) is 0 Å². The predicted molar refractivity (Wildman–Crippen MR) is 271 cm³/mol. The molecule has 0 saturated heterocycles. The smallest absolute Gasteiger partial charge is 0.265 e. The van der Waals surface area contributed by atoms with Crippen LogP contribution in [0.1, 0.15) is 79.7 Å². The average Bonchev–Trinajstić information content (AvgIpc) is 3.39. The number of amides is 6. The second kappa shape index (κ2) is 15.5. The molecule has 336 valence electrons. The van der Waals surface area contributed by atoms with Gasteiger partial charge in [-0.25, -0.2) is 4.90 Å². The Bertz CT molecular complexity index is 3880. The van der Waals surface area contributed by atoms with E-state index in [1.807, 2.05) is 36.4 Å². The molecule has 0 fully saturated rings. The quantitative estimate of drug-likeness (QED) is 0.0912. The minimum atomic E-state index is -0.755. The van der Waals surface area contributed by atoms with Gasteiger partial charge in [0.15, 0.2) is 0 Å². The van der Waals surface area contributed by atoms with Crippen molar-refractivity contribution in [1.29, 1.82) is 0 Å². The van der Waals surface area contributed by atoms with Crippen LogP contribution in [0.25, 0.3) is 75.4 Å². The third-order valence-electron chi connectivity index (χ3n) is 14.3. The number of carbonyl (C=O) groups is 6. The van der Waals surface area contributed by atoms with Gasteiger partial charge >= 0.3 is 0 Å². The fourth-order valence-corrected chi connectivity index (χ4v) is 11.0. The lowest BCUT2D eigenvalue weighted by Gasteiger charge is -2.32. The molecule has 2 heterocycles. The lowest BCUT2D eigenvalue weighted by molar-refractivity contribution is 0.0599. The van der Waals surface area contributed by atoms with Crippen molar-refractivity contribution in [3.05, 3.63) is 196 Å². The molecule has 6 amide bonds. The van der Waals surface area contributed by atoms with E-state index in [1.165, 1.54) is 42.5 Å². The molecular formula is C59H38N4O7. The van der Waals surface area contributed by atoms with Crippen molar-refractivity contribution >= 4 is 117 Å². The van der Waals surface area contributed by atoms with Gasteiger partial charge in [-0.2, -0.15) is 0 Å². The maximum Gasteiger partial charge on any atom is 0.265 e. The second-order valence-electron chi connectivity index (χ2n) is 18.2. The van der Waals surface area contributed by atoms with Crippen molar-refractivity contribution in [3.63, 3.8) is 0 Å². The zero-order valence-corrected chi connectivity index (χ0v) is 37.3. The maximum atomic E-state index is 14.7. The SMILES string of the molecule is O=C(NCc1ccc2ccc3cccc4ccc1c2c34)c1cc(C(=O)NCc2ccc3ccc4cccc5ccc2c3c45)cc(N2C(=O)c3ccc4c5c(ccc(c35)C2=O)C(=O)N(CCCO)C4=O)c1. The summed E-state index contributed by atoms with van der Waals surface area (Å²) >= 11 is 0. The number of hydrogen-bond donors (Lipinski definition) is 3. The van der Waals surface area contributed by atoms with Gasteiger partial charge in [-0.05, 0) is 125 Å². The standard InChI is InChI=1S/C59H38N4O7/c64-25-3-24-62-56(67)44-20-22-46-53-47(23-21-45(52(44)53)57(62)68)59(70)63(58(46)69)41-27-39(54(65)60-29-37-14-12-35-10-8-31-4-1-6-33-16-18-42(37)50(35)48(31)33)26-40(28-41)55(66)61-30-38-15-13-36-11-9-32-5-2-7-34-17-19-43(38)51(36)49(32)34/h1-2,4-23,26-28,64H,3,24-25,29-30H2,(H,60,65)(H,61,66). The van der Waals surface area contributed by atoms with Crippen LogP contribution in [-0.2, 0) is 13.1 Å². The molecule has 3 N–H and O–H groups in total. The molecule has 11 nitrogen and oxygen atoms in total. The van der Waals surface area contributed by atoms with Crippen molar-refractivity contribution in [2.24, 2.45) is 0 Å². The molecule has 11 aromatic carbocycles. The first-order valence-corrected chi connectivity index (χ1v) is 23.1. The highest BCUT2D eigenvalue weighted by Crippen LogP contribution is 2.41. The summed E-state index contributed by atoms with van der Waals surface area (Å²) in [6.07, 6.45) is 0.190. The summed E-state index contributed by atoms with van der Waals surface area (Å²) in [5.74, 6) is -3.75. The minimum Gasteiger partial charge on any atom is -0.396 e. The Morgan fingerprint density at radius 1 is 0.429 bits per heavy atom. The highest BCUT2D eigenvalue weighted by atomic mass is 16.3. The van der Waals surface area contributed by atoms with Crippen LogP contribution in [0, 0.1) is 0 Å². The van der Waals surface area contributed by atoms with Gasteiger partial charge in [-0.15, -0.1) is 0 Å². The number of aliphatic hydroxyl groups is 1. The van der Waals surface area contributed by atoms with E-state index < -0.39 is 35.4 Å². The molecule has 0 spiro atoms. The summed E-state index contributed by atoms with van der Waals surface area (Å²) in [5, 5.41) is 29.0. The number of rotatable bonds is 10. The van der Waals surface area contributed by atoms with E-state index >= 15 is 0 Å². The van der Waals surface area contributed by atoms with Crippen molar-refractivity contribution in [2.45, 2.75) is 19.5 Å². The molecular weight excluding hydrogens is 877 g/mol. The molecule has 70 heavy (non-hydrogen) atoms. The molecule has 0 aliphatic carbocycles. The number of hydrogen-bond acceptors (Lipinski definition) is 7. The first kappa shape index (κ1) is 41.2. The molecule has 0 atom stereocenters. The summed E-state index contributed by atoms with van der Waals surface area (Å²) in [4.78, 5) is 87.7. The molecule has 11 heteroatoms. The highest BCUT2D eigenvalue weighted by Gasteiger charge is 2.40. The van der Waals surface area contributed by atoms with E-state index in [-0.39, 0.29) is 82.5 Å². The van der Waals surface area contributed by atoms with E-state index in [4.69, 9.17) is 0 Å². The second-order valence-corrected chi connectivity index (χ2v) is 18.2. The zero-order valence-electron chi connectivity index (χ0n) is 37.3. The fourth-order valence-electron chi connectivity index (χ4n) is 11.0. The van der Waals surface area contributed by atoms with Gasteiger partial charge in [0.1, 0.15) is 0 Å². The summed E-state index contributed by atoms with van der Waals surface area (Å²) in [5.41, 5.74) is 2.30. The third kappa shape index (κ3) is 6.04. The number of benzene rings is 11. The number of anilines is 1. The van der Waals surface area contributed by atoms with Crippen LogP contribution >= 0.6 is 0 Å². The van der Waals surface area contributed by atoms with Crippen molar-refractivity contribution in [3.8, 4) is 0 Å². The molecule has 0 radical (unpaired) electrons. The van der Waals surface area contributed by atoms with Gasteiger partial charge < -0.3 is 15.7 Å². The van der Waals surface area contributed by atoms with Gasteiger partial charge in [-0.3, -0.25) is 33.7 Å². The number of nitrogens with zero attached hydrogens (tertiary/aromatic N) is 2. The minimum absolute atomic E-state index is 0.00105. The summed E-state index contributed by atoms with van der Waals surface area (Å²) in [6.45, 7) is 0.0692. The lowest BCUT2D eigenvalue weighted by atomic mass is 9.85. The first-order chi connectivity index (χ1) is 34.2. The molecule has 0 bridgehead atoms. The number of carbonyl (C=O) groups excluding carboxylic acids is 6. The largest absolute Gasteiger partial charge is 0.396 e. The summed E-state index contributed by atoms with van der Waals surface area (Å²) in [7, 11) is 0. The Kier molecular flexibility index (Phi) is 9.11. The van der Waals surface area contributed by atoms with Gasteiger partial charge in [-0.1, -0.05) is 109 Å². The van der Waals surface area contributed by atoms with Gasteiger partial charge in [0.25, 0.3) is 35.4 Å². The number of aliphatic hydroxyl groups excluding tert-OH is 1. The third-order valence-corrected chi connectivity index (χ3v) is 14.3. The van der Waals surface area contributed by atoms with Crippen LogP contribution in [0.3, 0.4) is 0 Å². The highest BCUT2D eigenvalue weighted by molar-refractivity contribution is 6.39. The van der Waals surface area contributed by atoms with Crippen LogP contribution in [0.15, 0.2) is 152 Å². The summed E-state index contributed by atoms with van der Waals surface area (Å²) in [6, 6.07) is 47.3. The first-order valence-electron chi connectivity index (χ1n) is 23.1. The number of imide groups is 2. The lowest BCUT2D eigenvalue weighted by Crippen LogP contribution is -2.44. The normalized spacial score (nSPS) is 13.7.